The summed E-state index contributed by atoms with van der Waals surface area (Å²) >= 11 is 12.1. The molecule has 4 nitrogen and oxygen atoms in total. The molecule has 39 heavy (non-hydrogen) atoms. The SMILES string of the molecule is CC(C)(C)N(CCCCc1ccccc1)C(=O)c1cc(Cl)c(Cl)cc1C(=O)Oc1c(F)c(F)c(F)c(F)c1F. The Morgan fingerprint density at radius 3 is 1.85 bits per heavy atom. The highest BCUT2D eigenvalue weighted by molar-refractivity contribution is 6.42. The zero-order chi connectivity index (χ0) is 29.1. The number of esters is 1. The fourth-order valence-corrected chi connectivity index (χ4v) is 4.17. The largest absolute Gasteiger partial charge is 0.416 e. The van der Waals surface area contributed by atoms with Crippen LogP contribution in [0.5, 0.6) is 5.75 Å². The van der Waals surface area contributed by atoms with Gasteiger partial charge in [0, 0.05) is 12.1 Å². The molecule has 0 spiro atoms. The topological polar surface area (TPSA) is 46.6 Å². The lowest BCUT2D eigenvalue weighted by Crippen LogP contribution is -2.46. The molecular formula is C28H24Cl2F5NO3. The van der Waals surface area contributed by atoms with Gasteiger partial charge in [-0.3, -0.25) is 4.79 Å². The minimum atomic E-state index is -2.41. The van der Waals surface area contributed by atoms with Crippen molar-refractivity contribution in [2.45, 2.75) is 45.6 Å². The van der Waals surface area contributed by atoms with Crippen LogP contribution in [-0.4, -0.2) is 28.9 Å². The van der Waals surface area contributed by atoms with Gasteiger partial charge in [-0.15, -0.1) is 0 Å². The van der Waals surface area contributed by atoms with E-state index < -0.39 is 57.8 Å². The molecule has 0 aliphatic rings. The molecule has 3 rings (SSSR count). The van der Waals surface area contributed by atoms with E-state index in [1.165, 1.54) is 4.90 Å². The molecule has 0 aliphatic carbocycles. The van der Waals surface area contributed by atoms with Gasteiger partial charge in [0.2, 0.25) is 34.8 Å². The minimum absolute atomic E-state index is 0.106. The first-order valence-corrected chi connectivity index (χ1v) is 12.6. The Labute approximate surface area is 232 Å². The van der Waals surface area contributed by atoms with E-state index in [0.29, 0.717) is 6.42 Å². The maximum atomic E-state index is 14.1. The van der Waals surface area contributed by atoms with Gasteiger partial charge in [0.1, 0.15) is 0 Å². The third-order valence-corrected chi connectivity index (χ3v) is 6.59. The van der Waals surface area contributed by atoms with Gasteiger partial charge in [0.15, 0.2) is 0 Å². The molecule has 3 aromatic rings. The average molecular weight is 588 g/mol. The molecule has 11 heteroatoms. The van der Waals surface area contributed by atoms with Crippen molar-refractivity contribution in [1.82, 2.24) is 4.90 Å². The number of nitrogens with zero attached hydrogens (tertiary/aromatic N) is 1. The van der Waals surface area contributed by atoms with Gasteiger partial charge >= 0.3 is 5.97 Å². The van der Waals surface area contributed by atoms with Crippen LogP contribution in [0.25, 0.3) is 0 Å². The maximum absolute atomic E-state index is 14.1. The molecule has 0 radical (unpaired) electrons. The first kappa shape index (κ1) is 30.4. The van der Waals surface area contributed by atoms with Gasteiger partial charge in [0.25, 0.3) is 5.91 Å². The first-order chi connectivity index (χ1) is 18.2. The third kappa shape index (κ3) is 6.89. The molecule has 1 amide bonds. The number of carbonyl (C=O) groups is 2. The summed E-state index contributed by atoms with van der Waals surface area (Å²) in [6.45, 7) is 5.59. The molecule has 0 heterocycles. The van der Waals surface area contributed by atoms with Crippen LogP contribution in [0.3, 0.4) is 0 Å². The van der Waals surface area contributed by atoms with E-state index in [1.807, 2.05) is 30.3 Å². The van der Waals surface area contributed by atoms with Gasteiger partial charge in [0.05, 0.1) is 21.2 Å². The van der Waals surface area contributed by atoms with Gasteiger partial charge in [-0.25, -0.2) is 18.0 Å². The summed E-state index contributed by atoms with van der Waals surface area (Å²) < 4.78 is 73.5. The Morgan fingerprint density at radius 2 is 1.31 bits per heavy atom. The van der Waals surface area contributed by atoms with Crippen LogP contribution < -0.4 is 4.74 Å². The van der Waals surface area contributed by atoms with Crippen molar-refractivity contribution in [2.75, 3.05) is 6.54 Å². The zero-order valence-electron chi connectivity index (χ0n) is 21.2. The third-order valence-electron chi connectivity index (χ3n) is 5.87. The number of halogens is 7. The van der Waals surface area contributed by atoms with Crippen molar-refractivity contribution >= 4 is 35.1 Å². The van der Waals surface area contributed by atoms with Crippen molar-refractivity contribution < 1.29 is 36.3 Å². The molecule has 3 aromatic carbocycles. The van der Waals surface area contributed by atoms with Gasteiger partial charge in [-0.1, -0.05) is 53.5 Å². The molecule has 0 aromatic heterocycles. The fraction of sp³-hybridized carbons (Fsp3) is 0.286. The Bertz CT molecular complexity index is 1370. The zero-order valence-corrected chi connectivity index (χ0v) is 22.7. The minimum Gasteiger partial charge on any atom is -0.416 e. The molecule has 0 aliphatic heterocycles. The second-order valence-corrected chi connectivity index (χ2v) is 10.5. The van der Waals surface area contributed by atoms with Crippen LogP contribution in [-0.2, 0) is 6.42 Å². The lowest BCUT2D eigenvalue weighted by Gasteiger charge is -2.36. The molecule has 0 atom stereocenters. The van der Waals surface area contributed by atoms with Crippen LogP contribution >= 0.6 is 23.2 Å². The van der Waals surface area contributed by atoms with E-state index in [-0.39, 0.29) is 22.2 Å². The average Bonchev–Trinajstić information content (AvgIpc) is 2.89. The van der Waals surface area contributed by atoms with E-state index >= 15 is 0 Å². The maximum Gasteiger partial charge on any atom is 0.344 e. The van der Waals surface area contributed by atoms with E-state index in [2.05, 4.69) is 4.74 Å². The van der Waals surface area contributed by atoms with Gasteiger partial charge in [-0.05, 0) is 57.7 Å². The Morgan fingerprint density at radius 1 is 0.795 bits per heavy atom. The number of hydrogen-bond donors (Lipinski definition) is 0. The van der Waals surface area contributed by atoms with Crippen molar-refractivity contribution in [3.63, 3.8) is 0 Å². The number of carbonyl (C=O) groups excluding carboxylic acids is 2. The van der Waals surface area contributed by atoms with Crippen LogP contribution in [0.1, 0.15) is 59.9 Å². The quantitative estimate of drug-likeness (QED) is 0.0666. The lowest BCUT2D eigenvalue weighted by atomic mass is 9.99. The Kier molecular flexibility index (Phi) is 9.61. The van der Waals surface area contributed by atoms with E-state index in [0.717, 1.165) is 30.5 Å². The Hall–Kier alpha value is -3.17. The number of aryl methyl sites for hydroxylation is 1. The van der Waals surface area contributed by atoms with Crippen LogP contribution in [0, 0.1) is 29.1 Å². The monoisotopic (exact) mass is 587 g/mol. The summed E-state index contributed by atoms with van der Waals surface area (Å²) in [4.78, 5) is 28.1. The molecule has 0 bridgehead atoms. The highest BCUT2D eigenvalue weighted by Gasteiger charge is 2.33. The number of ether oxygens (including phenoxy) is 1. The number of rotatable bonds is 8. The van der Waals surface area contributed by atoms with Crippen molar-refractivity contribution in [2.24, 2.45) is 0 Å². The normalized spacial score (nSPS) is 11.4. The smallest absolute Gasteiger partial charge is 0.344 e. The number of hydrogen-bond acceptors (Lipinski definition) is 3. The predicted molar refractivity (Wildman–Crippen MR) is 138 cm³/mol. The molecule has 208 valence electrons. The standard InChI is InChI=1S/C28H24Cl2F5NO3/c1-28(2,3)36(12-8-7-11-15-9-5-4-6-10-15)26(37)16-13-18(29)19(30)14-17(16)27(38)39-25-23(34)21(32)20(31)22(33)24(25)35/h4-6,9-10,13-14H,7-8,11-12H2,1-3H3. The van der Waals surface area contributed by atoms with Crippen molar-refractivity contribution in [3.8, 4) is 5.75 Å². The molecular weight excluding hydrogens is 564 g/mol. The van der Waals surface area contributed by atoms with E-state index in [4.69, 9.17) is 23.2 Å². The summed E-state index contributed by atoms with van der Waals surface area (Å²) in [5, 5.41) is -0.312. The van der Waals surface area contributed by atoms with Crippen LogP contribution in [0.2, 0.25) is 10.0 Å². The predicted octanol–water partition coefficient (Wildman–Crippen LogP) is 8.17. The second-order valence-electron chi connectivity index (χ2n) is 9.67. The fourth-order valence-electron chi connectivity index (χ4n) is 3.85. The van der Waals surface area contributed by atoms with Crippen LogP contribution in [0.4, 0.5) is 22.0 Å². The summed E-state index contributed by atoms with van der Waals surface area (Å²) in [6, 6.07) is 11.8. The van der Waals surface area contributed by atoms with E-state index in [9.17, 15) is 31.5 Å². The van der Waals surface area contributed by atoms with E-state index in [1.54, 1.807) is 20.8 Å². The number of amides is 1. The van der Waals surface area contributed by atoms with Gasteiger partial charge in [-0.2, -0.15) is 8.78 Å². The molecule has 0 N–H and O–H groups in total. The molecule has 0 unspecified atom stereocenters. The first-order valence-electron chi connectivity index (χ1n) is 11.8. The Balaban J connectivity index is 1.92. The summed E-state index contributed by atoms with van der Waals surface area (Å²) in [7, 11) is 0. The highest BCUT2D eigenvalue weighted by Crippen LogP contribution is 2.32. The molecule has 0 fully saturated rings. The molecule has 0 saturated heterocycles. The summed E-state index contributed by atoms with van der Waals surface area (Å²) in [5.41, 5.74) is -0.500. The van der Waals surface area contributed by atoms with Gasteiger partial charge < -0.3 is 9.64 Å². The summed E-state index contributed by atoms with van der Waals surface area (Å²) in [6.07, 6.45) is 2.13. The lowest BCUT2D eigenvalue weighted by molar-refractivity contribution is 0.0565. The number of benzene rings is 3. The molecule has 0 saturated carbocycles. The number of unbranched alkanes of at least 4 members (excludes halogenated alkanes) is 1. The summed E-state index contributed by atoms with van der Waals surface area (Å²) in [5.74, 6) is -15.8. The highest BCUT2D eigenvalue weighted by atomic mass is 35.5. The van der Waals surface area contributed by atoms with Crippen molar-refractivity contribution in [3.05, 3.63) is 98.3 Å². The second kappa shape index (κ2) is 12.3. The van der Waals surface area contributed by atoms with Crippen LogP contribution in [0.15, 0.2) is 42.5 Å². The van der Waals surface area contributed by atoms with Crippen molar-refractivity contribution in [1.29, 1.82) is 0 Å².